The van der Waals surface area contributed by atoms with Crippen molar-refractivity contribution in [1.29, 1.82) is 0 Å². The summed E-state index contributed by atoms with van der Waals surface area (Å²) < 4.78 is 31.9. The zero-order chi connectivity index (χ0) is 16.8. The Balaban J connectivity index is 2.25. The normalized spacial score (nSPS) is 24.7. The fourth-order valence-electron chi connectivity index (χ4n) is 2.73. The molecule has 2 nitrogen and oxygen atoms in total. The minimum Gasteiger partial charge on any atom is -0.462 e. The summed E-state index contributed by atoms with van der Waals surface area (Å²) in [5.41, 5.74) is 1.12. The van der Waals surface area contributed by atoms with Gasteiger partial charge in [0.2, 0.25) is 0 Å². The fourth-order valence-corrected chi connectivity index (χ4v) is 3.39. The minimum atomic E-state index is -1.44. The van der Waals surface area contributed by atoms with Crippen molar-refractivity contribution in [1.82, 2.24) is 0 Å². The van der Waals surface area contributed by atoms with Crippen LogP contribution in [-0.4, -0.2) is 30.7 Å². The third-order valence-electron chi connectivity index (χ3n) is 3.82. The van der Waals surface area contributed by atoms with Crippen LogP contribution < -0.4 is 0 Å². The molecule has 1 fully saturated rings. The zero-order valence-corrected chi connectivity index (χ0v) is 14.2. The zero-order valence-electron chi connectivity index (χ0n) is 13.4. The first-order chi connectivity index (χ1) is 11.0. The van der Waals surface area contributed by atoms with Crippen LogP contribution in [0.3, 0.4) is 0 Å². The summed E-state index contributed by atoms with van der Waals surface area (Å²) in [6, 6.07) is 7.60. The lowest BCUT2D eigenvalue weighted by Gasteiger charge is -2.11. The van der Waals surface area contributed by atoms with Crippen LogP contribution >= 0.6 is 11.8 Å². The number of hydrogen-bond acceptors (Lipinski definition) is 3. The minimum absolute atomic E-state index is 0.119. The molecule has 0 spiro atoms. The molecular weight excluding hydrogens is 318 g/mol. The molecule has 0 N–H and O–H groups in total. The highest BCUT2D eigenvalue weighted by Gasteiger charge is 2.34. The van der Waals surface area contributed by atoms with Gasteiger partial charge in [0, 0.05) is 4.90 Å². The molecule has 1 aromatic rings. The quantitative estimate of drug-likeness (QED) is 0.421. The van der Waals surface area contributed by atoms with Crippen LogP contribution in [0.25, 0.3) is 5.57 Å². The predicted molar refractivity (Wildman–Crippen MR) is 90.0 cm³/mol. The van der Waals surface area contributed by atoms with Gasteiger partial charge < -0.3 is 4.74 Å². The first kappa shape index (κ1) is 18.0. The molecule has 1 aliphatic rings. The Hall–Kier alpha value is -1.36. The molecule has 1 aromatic carbocycles. The Kier molecular flexibility index (Phi) is 6.63. The van der Waals surface area contributed by atoms with Gasteiger partial charge >= 0.3 is 5.97 Å². The molecule has 0 radical (unpaired) electrons. The van der Waals surface area contributed by atoms with Gasteiger partial charge in [-0.05, 0) is 49.1 Å². The molecule has 3 atom stereocenters. The molecular formula is C18H22F2O2S. The van der Waals surface area contributed by atoms with Gasteiger partial charge in [-0.15, -0.1) is 11.8 Å². The van der Waals surface area contributed by atoms with E-state index in [1.807, 2.05) is 24.3 Å². The van der Waals surface area contributed by atoms with Crippen LogP contribution in [0, 0.1) is 5.92 Å². The smallest absolute Gasteiger partial charge is 0.338 e. The molecule has 23 heavy (non-hydrogen) atoms. The van der Waals surface area contributed by atoms with Crippen LogP contribution in [0.5, 0.6) is 0 Å². The Bertz CT molecular complexity index is 547. The summed E-state index contributed by atoms with van der Waals surface area (Å²) in [6.45, 7) is 4.08. The van der Waals surface area contributed by atoms with Crippen LogP contribution in [0.1, 0.15) is 32.3 Å². The monoisotopic (exact) mass is 340 g/mol. The molecule has 1 aliphatic carbocycles. The number of benzene rings is 1. The van der Waals surface area contributed by atoms with Crippen molar-refractivity contribution in [3.05, 3.63) is 35.9 Å². The first-order valence-electron chi connectivity index (χ1n) is 7.95. The molecule has 0 saturated heterocycles. The van der Waals surface area contributed by atoms with E-state index in [-0.39, 0.29) is 25.4 Å². The van der Waals surface area contributed by atoms with Crippen molar-refractivity contribution >= 4 is 23.3 Å². The maximum Gasteiger partial charge on any atom is 0.338 e. The van der Waals surface area contributed by atoms with Crippen molar-refractivity contribution in [2.24, 2.45) is 5.92 Å². The van der Waals surface area contributed by atoms with Crippen molar-refractivity contribution in [2.75, 3.05) is 12.4 Å². The lowest BCUT2D eigenvalue weighted by atomic mass is 9.98. The number of carbonyl (C=O) groups is 1. The van der Waals surface area contributed by atoms with Crippen molar-refractivity contribution in [3.63, 3.8) is 0 Å². The third kappa shape index (κ3) is 4.80. The molecule has 0 heterocycles. The van der Waals surface area contributed by atoms with Crippen LogP contribution in [-0.2, 0) is 9.53 Å². The van der Waals surface area contributed by atoms with E-state index in [1.165, 1.54) is 0 Å². The summed E-state index contributed by atoms with van der Waals surface area (Å²) >= 11 is 1.71. The molecule has 126 valence electrons. The van der Waals surface area contributed by atoms with Gasteiger partial charge in [-0.3, -0.25) is 0 Å². The predicted octanol–water partition coefficient (Wildman–Crippen LogP) is 4.83. The van der Waals surface area contributed by atoms with Gasteiger partial charge in [0.05, 0.1) is 12.2 Å². The molecule has 0 aliphatic heterocycles. The van der Waals surface area contributed by atoms with E-state index in [2.05, 4.69) is 6.92 Å². The van der Waals surface area contributed by atoms with E-state index in [4.69, 9.17) is 4.74 Å². The average molecular weight is 340 g/mol. The first-order valence-corrected chi connectivity index (χ1v) is 8.94. The SMILES string of the molecule is CCOC(=O)/C(=C/C1CC(F)[C@H](F)C1)c1ccc(SCC)cc1. The van der Waals surface area contributed by atoms with Crippen LogP contribution in [0.15, 0.2) is 35.2 Å². The van der Waals surface area contributed by atoms with E-state index in [1.54, 1.807) is 24.8 Å². The molecule has 1 saturated carbocycles. The maximum absolute atomic E-state index is 13.4. The molecule has 2 rings (SSSR count). The van der Waals surface area contributed by atoms with Crippen molar-refractivity contribution in [2.45, 2.75) is 43.9 Å². The lowest BCUT2D eigenvalue weighted by molar-refractivity contribution is -0.136. The second-order valence-corrected chi connectivity index (χ2v) is 6.86. The van der Waals surface area contributed by atoms with Gasteiger partial charge in [0.25, 0.3) is 0 Å². The molecule has 0 aromatic heterocycles. The Morgan fingerprint density at radius 1 is 1.22 bits per heavy atom. The van der Waals surface area contributed by atoms with Gasteiger partial charge in [0.15, 0.2) is 0 Å². The molecule has 2 unspecified atom stereocenters. The van der Waals surface area contributed by atoms with E-state index in [0.717, 1.165) is 16.2 Å². The number of thioether (sulfide) groups is 1. The van der Waals surface area contributed by atoms with Gasteiger partial charge in [-0.25, -0.2) is 13.6 Å². The Morgan fingerprint density at radius 3 is 2.35 bits per heavy atom. The van der Waals surface area contributed by atoms with E-state index < -0.39 is 18.3 Å². The summed E-state index contributed by atoms with van der Waals surface area (Å²) in [5, 5.41) is 0. The highest BCUT2D eigenvalue weighted by atomic mass is 32.2. The topological polar surface area (TPSA) is 26.3 Å². The largest absolute Gasteiger partial charge is 0.462 e. The Morgan fingerprint density at radius 2 is 1.83 bits per heavy atom. The maximum atomic E-state index is 13.4. The van der Waals surface area contributed by atoms with E-state index >= 15 is 0 Å². The number of halogens is 2. The number of ether oxygens (including phenoxy) is 1. The summed E-state index contributed by atoms with van der Waals surface area (Å²) in [7, 11) is 0. The fraction of sp³-hybridized carbons (Fsp3) is 0.500. The van der Waals surface area contributed by atoms with Gasteiger partial charge in [-0.1, -0.05) is 25.1 Å². The standard InChI is InChI=1S/C18H22F2O2S/c1-3-22-18(21)15(9-12-10-16(19)17(20)11-12)13-5-7-14(8-6-13)23-4-2/h5-9,12,16-17H,3-4,10-11H2,1-2H3/b15-9+/t12?,16-,17?/m1/s1. The molecule has 5 heteroatoms. The van der Waals surface area contributed by atoms with E-state index in [0.29, 0.717) is 5.57 Å². The number of hydrogen-bond donors (Lipinski definition) is 0. The Labute approximate surface area is 140 Å². The number of carbonyl (C=O) groups excluding carboxylic acids is 1. The summed E-state index contributed by atoms with van der Waals surface area (Å²) in [5.74, 6) is 0.253. The van der Waals surface area contributed by atoms with Crippen molar-refractivity contribution in [3.8, 4) is 0 Å². The number of allylic oxidation sites excluding steroid dienone is 1. The second-order valence-electron chi connectivity index (χ2n) is 5.52. The van der Waals surface area contributed by atoms with Crippen LogP contribution in [0.2, 0.25) is 0 Å². The number of rotatable bonds is 6. The highest BCUT2D eigenvalue weighted by Crippen LogP contribution is 2.34. The molecule has 0 bridgehead atoms. The summed E-state index contributed by atoms with van der Waals surface area (Å²) in [6.07, 6.45) is -0.973. The van der Waals surface area contributed by atoms with E-state index in [9.17, 15) is 13.6 Å². The highest BCUT2D eigenvalue weighted by molar-refractivity contribution is 7.99. The third-order valence-corrected chi connectivity index (χ3v) is 4.72. The average Bonchev–Trinajstić information content (AvgIpc) is 2.85. The second kappa shape index (κ2) is 8.48. The van der Waals surface area contributed by atoms with Crippen molar-refractivity contribution < 1.29 is 18.3 Å². The van der Waals surface area contributed by atoms with Gasteiger partial charge in [-0.2, -0.15) is 0 Å². The number of esters is 1. The number of alkyl halides is 2. The molecule has 0 amide bonds. The van der Waals surface area contributed by atoms with Crippen LogP contribution in [0.4, 0.5) is 8.78 Å². The lowest BCUT2D eigenvalue weighted by Crippen LogP contribution is -2.08. The summed E-state index contributed by atoms with van der Waals surface area (Å²) in [4.78, 5) is 13.3. The van der Waals surface area contributed by atoms with Gasteiger partial charge in [0.1, 0.15) is 12.3 Å².